The second-order valence-corrected chi connectivity index (χ2v) is 7.15. The van der Waals surface area contributed by atoms with E-state index in [-0.39, 0.29) is 5.60 Å². The molecule has 110 valence electrons. The number of fused-ring (bicyclic) bond motifs is 1. The summed E-state index contributed by atoms with van der Waals surface area (Å²) in [6, 6.07) is 2.10. The van der Waals surface area contributed by atoms with Crippen molar-refractivity contribution in [2.24, 2.45) is 0 Å². The maximum atomic E-state index is 10.6. The summed E-state index contributed by atoms with van der Waals surface area (Å²) in [5.74, 6) is 2.20. The predicted octanol–water partition coefficient (Wildman–Crippen LogP) is 4.89. The molecule has 1 aliphatic carbocycles. The summed E-state index contributed by atoms with van der Waals surface area (Å²) < 4.78 is 6.38. The summed E-state index contributed by atoms with van der Waals surface area (Å²) >= 11 is 0. The molecule has 2 nitrogen and oxygen atoms in total. The third-order valence-corrected chi connectivity index (χ3v) is 5.06. The molecule has 1 N–H and O–H groups in total. The van der Waals surface area contributed by atoms with Gasteiger partial charge in [0, 0.05) is 16.7 Å². The number of hydrogen-bond acceptors (Lipinski definition) is 2. The SMILES string of the molecule is CC(C)c1cc2c(c(C(C)C)c1O)CCC1(CCC1)O2. The van der Waals surface area contributed by atoms with E-state index in [0.717, 1.165) is 29.7 Å². The van der Waals surface area contributed by atoms with Crippen molar-refractivity contribution >= 4 is 0 Å². The van der Waals surface area contributed by atoms with Crippen LogP contribution in [0.4, 0.5) is 0 Å². The van der Waals surface area contributed by atoms with Crippen LogP contribution in [0.5, 0.6) is 11.5 Å². The summed E-state index contributed by atoms with van der Waals surface area (Å²) in [6.45, 7) is 8.58. The van der Waals surface area contributed by atoms with Crippen LogP contribution in [-0.2, 0) is 6.42 Å². The lowest BCUT2D eigenvalue weighted by Gasteiger charge is -2.46. The molecule has 1 aliphatic heterocycles. The van der Waals surface area contributed by atoms with Crippen LogP contribution >= 0.6 is 0 Å². The van der Waals surface area contributed by atoms with E-state index in [1.165, 1.54) is 24.8 Å². The Morgan fingerprint density at radius 3 is 2.30 bits per heavy atom. The van der Waals surface area contributed by atoms with Crippen LogP contribution in [0.2, 0.25) is 0 Å². The molecule has 0 unspecified atom stereocenters. The lowest BCUT2D eigenvalue weighted by atomic mass is 9.73. The van der Waals surface area contributed by atoms with Gasteiger partial charge in [0.15, 0.2) is 0 Å². The van der Waals surface area contributed by atoms with Crippen molar-refractivity contribution in [2.75, 3.05) is 0 Å². The lowest BCUT2D eigenvalue weighted by molar-refractivity contribution is -0.0253. The molecule has 0 amide bonds. The average Bonchev–Trinajstić information content (AvgIpc) is 2.34. The van der Waals surface area contributed by atoms with Crippen LogP contribution in [0.15, 0.2) is 6.07 Å². The molecule has 2 heteroatoms. The van der Waals surface area contributed by atoms with Gasteiger partial charge in [-0.2, -0.15) is 0 Å². The molecule has 1 heterocycles. The van der Waals surface area contributed by atoms with Crippen molar-refractivity contribution in [2.45, 2.75) is 77.2 Å². The Morgan fingerprint density at radius 2 is 1.80 bits per heavy atom. The summed E-state index contributed by atoms with van der Waals surface area (Å²) in [4.78, 5) is 0. The first-order valence-electron chi connectivity index (χ1n) is 8.01. The summed E-state index contributed by atoms with van der Waals surface area (Å²) in [5.41, 5.74) is 3.51. The molecular formula is C18H26O2. The van der Waals surface area contributed by atoms with Crippen molar-refractivity contribution in [3.63, 3.8) is 0 Å². The van der Waals surface area contributed by atoms with E-state index < -0.39 is 0 Å². The zero-order chi connectivity index (χ0) is 14.5. The van der Waals surface area contributed by atoms with Gasteiger partial charge in [-0.25, -0.2) is 0 Å². The molecule has 0 aromatic heterocycles. The second kappa shape index (κ2) is 4.68. The number of rotatable bonds is 2. The van der Waals surface area contributed by atoms with Gasteiger partial charge in [-0.05, 0) is 50.0 Å². The van der Waals surface area contributed by atoms with Crippen LogP contribution in [0, 0.1) is 0 Å². The van der Waals surface area contributed by atoms with Crippen molar-refractivity contribution in [1.29, 1.82) is 0 Å². The van der Waals surface area contributed by atoms with Crippen LogP contribution in [0.25, 0.3) is 0 Å². The molecule has 20 heavy (non-hydrogen) atoms. The lowest BCUT2D eigenvalue weighted by Crippen LogP contribution is -2.45. The van der Waals surface area contributed by atoms with Gasteiger partial charge in [0.2, 0.25) is 0 Å². The third-order valence-electron chi connectivity index (χ3n) is 5.06. The van der Waals surface area contributed by atoms with Crippen LogP contribution in [0.1, 0.15) is 81.9 Å². The first-order chi connectivity index (χ1) is 9.43. The predicted molar refractivity (Wildman–Crippen MR) is 81.8 cm³/mol. The molecule has 0 radical (unpaired) electrons. The van der Waals surface area contributed by atoms with Gasteiger partial charge in [-0.1, -0.05) is 27.7 Å². The number of ether oxygens (including phenoxy) is 1. The normalized spacial score (nSPS) is 19.9. The van der Waals surface area contributed by atoms with Crippen molar-refractivity contribution < 1.29 is 9.84 Å². The molecule has 0 saturated heterocycles. The zero-order valence-corrected chi connectivity index (χ0v) is 13.1. The number of aromatic hydroxyl groups is 1. The maximum Gasteiger partial charge on any atom is 0.124 e. The van der Waals surface area contributed by atoms with E-state index >= 15 is 0 Å². The van der Waals surface area contributed by atoms with Gasteiger partial charge < -0.3 is 9.84 Å². The van der Waals surface area contributed by atoms with E-state index in [0.29, 0.717) is 17.6 Å². The van der Waals surface area contributed by atoms with Crippen molar-refractivity contribution in [1.82, 2.24) is 0 Å². The highest BCUT2D eigenvalue weighted by atomic mass is 16.5. The third kappa shape index (κ3) is 2.01. The van der Waals surface area contributed by atoms with E-state index in [4.69, 9.17) is 4.74 Å². The van der Waals surface area contributed by atoms with Gasteiger partial charge in [0.05, 0.1) is 0 Å². The standard InChI is InChI=1S/C18H26O2/c1-11(2)14-10-15-13(16(12(3)4)17(14)19)6-9-18(20-15)7-5-8-18/h10-12,19H,5-9H2,1-4H3. The van der Waals surface area contributed by atoms with Gasteiger partial charge in [-0.3, -0.25) is 0 Å². The minimum absolute atomic E-state index is 0.118. The number of phenolic OH excluding ortho intramolecular Hbond substituents is 1. The number of hydrogen-bond donors (Lipinski definition) is 1. The molecule has 1 saturated carbocycles. The van der Waals surface area contributed by atoms with E-state index in [9.17, 15) is 5.11 Å². The van der Waals surface area contributed by atoms with Crippen LogP contribution < -0.4 is 4.74 Å². The second-order valence-electron chi connectivity index (χ2n) is 7.15. The molecule has 1 aromatic carbocycles. The largest absolute Gasteiger partial charge is 0.507 e. The van der Waals surface area contributed by atoms with Gasteiger partial charge in [0.1, 0.15) is 17.1 Å². The molecule has 2 aliphatic rings. The van der Waals surface area contributed by atoms with Gasteiger partial charge in [-0.15, -0.1) is 0 Å². The molecular weight excluding hydrogens is 248 g/mol. The molecule has 1 fully saturated rings. The molecule has 0 atom stereocenters. The molecule has 1 aromatic rings. The molecule has 1 spiro atoms. The van der Waals surface area contributed by atoms with Crippen molar-refractivity contribution in [3.8, 4) is 11.5 Å². The Morgan fingerprint density at radius 1 is 1.10 bits per heavy atom. The minimum Gasteiger partial charge on any atom is -0.507 e. The Labute approximate surface area is 122 Å². The molecule has 0 bridgehead atoms. The highest BCUT2D eigenvalue weighted by Gasteiger charge is 2.43. The maximum absolute atomic E-state index is 10.6. The quantitative estimate of drug-likeness (QED) is 0.832. The van der Waals surface area contributed by atoms with E-state index in [1.54, 1.807) is 0 Å². The minimum atomic E-state index is 0.118. The summed E-state index contributed by atoms with van der Waals surface area (Å²) in [5, 5.41) is 10.6. The topological polar surface area (TPSA) is 29.5 Å². The van der Waals surface area contributed by atoms with Gasteiger partial charge in [0.25, 0.3) is 0 Å². The number of phenols is 1. The fraction of sp³-hybridized carbons (Fsp3) is 0.667. The Bertz CT molecular complexity index is 525. The monoisotopic (exact) mass is 274 g/mol. The highest BCUT2D eigenvalue weighted by Crippen LogP contribution is 2.50. The highest BCUT2D eigenvalue weighted by molar-refractivity contribution is 5.56. The average molecular weight is 274 g/mol. The summed E-state index contributed by atoms with van der Waals surface area (Å²) in [6.07, 6.45) is 5.85. The Balaban J connectivity index is 2.11. The van der Waals surface area contributed by atoms with Crippen LogP contribution in [0.3, 0.4) is 0 Å². The Kier molecular flexibility index (Phi) is 3.23. The first-order valence-corrected chi connectivity index (χ1v) is 8.01. The van der Waals surface area contributed by atoms with Crippen molar-refractivity contribution in [3.05, 3.63) is 22.8 Å². The smallest absolute Gasteiger partial charge is 0.124 e. The van der Waals surface area contributed by atoms with Crippen LogP contribution in [-0.4, -0.2) is 10.7 Å². The fourth-order valence-corrected chi connectivity index (χ4v) is 3.70. The fourth-order valence-electron chi connectivity index (χ4n) is 3.70. The van der Waals surface area contributed by atoms with E-state index in [2.05, 4.69) is 33.8 Å². The Hall–Kier alpha value is -1.18. The zero-order valence-electron chi connectivity index (χ0n) is 13.1. The molecule has 3 rings (SSSR count). The van der Waals surface area contributed by atoms with E-state index in [1.807, 2.05) is 0 Å². The summed E-state index contributed by atoms with van der Waals surface area (Å²) in [7, 11) is 0. The van der Waals surface area contributed by atoms with Gasteiger partial charge >= 0.3 is 0 Å². The first kappa shape index (κ1) is 13.8. The number of benzene rings is 1.